The monoisotopic (exact) mass is 264 g/mol. The maximum absolute atomic E-state index is 12.6. The second-order valence-corrected chi connectivity index (χ2v) is 3.30. The van der Waals surface area contributed by atoms with Crippen molar-refractivity contribution in [2.75, 3.05) is 0 Å². The third-order valence-electron chi connectivity index (χ3n) is 2.07. The Morgan fingerprint density at radius 1 is 1.47 bits per heavy atom. The average Bonchev–Trinajstić information content (AvgIpc) is 2.69. The van der Waals surface area contributed by atoms with E-state index < -0.39 is 17.7 Å². The molecule has 0 fully saturated rings. The topological polar surface area (TPSA) is 43.6 Å². The molecule has 2 aromatic rings. The van der Waals surface area contributed by atoms with Gasteiger partial charge in [-0.2, -0.15) is 13.2 Å². The van der Waals surface area contributed by atoms with E-state index in [4.69, 9.17) is 11.9 Å². The first-order chi connectivity index (χ1) is 7.93. The zero-order chi connectivity index (χ0) is 12.6. The van der Waals surface area contributed by atoms with Gasteiger partial charge in [-0.1, -0.05) is 0 Å². The highest BCUT2D eigenvalue weighted by Crippen LogP contribution is 2.31. The molecule has 0 N–H and O–H groups in total. The van der Waals surface area contributed by atoms with Crippen LogP contribution in [0.25, 0.3) is 5.65 Å². The van der Waals surface area contributed by atoms with E-state index in [1.54, 1.807) is 0 Å². The van der Waals surface area contributed by atoms with Crippen LogP contribution in [-0.2, 0) is 10.5 Å². The molecule has 0 aliphatic carbocycles. The molecular formula is C9H4ClF3N2O2. The number of hydrogen-bond donors (Lipinski definition) is 0. The van der Waals surface area contributed by atoms with Crippen LogP contribution < -0.4 is 0 Å². The van der Waals surface area contributed by atoms with Crippen molar-refractivity contribution in [2.24, 2.45) is 0 Å². The summed E-state index contributed by atoms with van der Waals surface area (Å²) in [6, 6.07) is 2.07. The Hall–Kier alpha value is -1.76. The van der Waals surface area contributed by atoms with Gasteiger partial charge in [0, 0.05) is 12.4 Å². The number of carbonyl (C=O) groups excluding carboxylic acids is 1. The van der Waals surface area contributed by atoms with Crippen LogP contribution in [0.1, 0.15) is 16.1 Å². The van der Waals surface area contributed by atoms with Crippen LogP contribution in [-0.4, -0.2) is 15.4 Å². The Morgan fingerprint density at radius 2 is 2.18 bits per heavy atom. The fourth-order valence-corrected chi connectivity index (χ4v) is 1.45. The summed E-state index contributed by atoms with van der Waals surface area (Å²) in [6.45, 7) is 0. The minimum Gasteiger partial charge on any atom is -0.342 e. The first-order valence-electron chi connectivity index (χ1n) is 4.31. The van der Waals surface area contributed by atoms with Crippen molar-refractivity contribution >= 4 is 23.5 Å². The van der Waals surface area contributed by atoms with Crippen molar-refractivity contribution in [1.82, 2.24) is 9.38 Å². The molecule has 0 saturated heterocycles. The number of nitrogens with zero attached hydrogens (tertiary/aromatic N) is 2. The van der Waals surface area contributed by atoms with Gasteiger partial charge in [-0.25, -0.2) is 9.78 Å². The molecule has 0 bridgehead atoms. The maximum atomic E-state index is 12.6. The number of imidazole rings is 1. The molecule has 0 spiro atoms. The quantitative estimate of drug-likeness (QED) is 0.795. The van der Waals surface area contributed by atoms with Crippen LogP contribution in [0.5, 0.6) is 0 Å². The number of hydrogen-bond acceptors (Lipinski definition) is 3. The minimum atomic E-state index is -4.55. The van der Waals surface area contributed by atoms with Crippen LogP contribution in [0.15, 0.2) is 24.5 Å². The standard InChI is InChI=1S/C9H4ClF3N2O2/c10-17-8(16)6-4-15-3-1-2-5(7(15)14-6)9(11,12)13/h1-4H. The summed E-state index contributed by atoms with van der Waals surface area (Å²) in [7, 11) is 0. The van der Waals surface area contributed by atoms with Crippen LogP contribution in [0.3, 0.4) is 0 Å². The predicted molar refractivity (Wildman–Crippen MR) is 51.5 cm³/mol. The molecule has 17 heavy (non-hydrogen) atoms. The Kier molecular flexibility index (Phi) is 2.70. The van der Waals surface area contributed by atoms with E-state index in [-0.39, 0.29) is 11.3 Å². The predicted octanol–water partition coefficient (Wildman–Crippen LogP) is 2.66. The van der Waals surface area contributed by atoms with Crippen molar-refractivity contribution in [3.05, 3.63) is 35.8 Å². The summed E-state index contributed by atoms with van der Waals surface area (Å²) >= 11 is 4.82. The van der Waals surface area contributed by atoms with Gasteiger partial charge in [-0.15, -0.1) is 0 Å². The molecule has 0 aromatic carbocycles. The normalized spacial score (nSPS) is 11.8. The molecule has 0 radical (unpaired) electrons. The van der Waals surface area contributed by atoms with Gasteiger partial charge in [0.15, 0.2) is 5.69 Å². The zero-order valence-electron chi connectivity index (χ0n) is 8.03. The summed E-state index contributed by atoms with van der Waals surface area (Å²) in [4.78, 5) is 14.6. The van der Waals surface area contributed by atoms with Gasteiger partial charge in [-0.3, -0.25) is 0 Å². The first-order valence-corrected chi connectivity index (χ1v) is 4.62. The first kappa shape index (κ1) is 11.7. The maximum Gasteiger partial charge on any atom is 0.419 e. The fourth-order valence-electron chi connectivity index (χ4n) is 1.37. The van der Waals surface area contributed by atoms with Gasteiger partial charge >= 0.3 is 12.1 Å². The van der Waals surface area contributed by atoms with Crippen molar-refractivity contribution in [1.29, 1.82) is 0 Å². The number of halogens is 4. The lowest BCUT2D eigenvalue weighted by atomic mass is 10.2. The Bertz CT molecular complexity index is 579. The number of aromatic nitrogens is 2. The molecule has 0 unspecified atom stereocenters. The van der Waals surface area contributed by atoms with Crippen molar-refractivity contribution in [3.63, 3.8) is 0 Å². The third kappa shape index (κ3) is 2.05. The minimum absolute atomic E-state index is 0.295. The Morgan fingerprint density at radius 3 is 2.76 bits per heavy atom. The highest BCUT2D eigenvalue weighted by atomic mass is 35.5. The second-order valence-electron chi connectivity index (χ2n) is 3.14. The summed E-state index contributed by atoms with van der Waals surface area (Å²) in [5, 5.41) is 0. The zero-order valence-corrected chi connectivity index (χ0v) is 8.79. The molecule has 90 valence electrons. The lowest BCUT2D eigenvalue weighted by Crippen LogP contribution is -2.07. The summed E-state index contributed by atoms with van der Waals surface area (Å²) < 4.78 is 42.8. The van der Waals surface area contributed by atoms with Gasteiger partial charge in [0.1, 0.15) is 17.5 Å². The van der Waals surface area contributed by atoms with Crippen molar-refractivity contribution in [2.45, 2.75) is 6.18 Å². The van der Waals surface area contributed by atoms with E-state index in [0.717, 1.165) is 16.7 Å². The van der Waals surface area contributed by atoms with Crippen LogP contribution in [0.2, 0.25) is 0 Å². The SMILES string of the molecule is O=C(OCl)c1cn2cccc(C(F)(F)F)c2n1. The van der Waals surface area contributed by atoms with Crippen molar-refractivity contribution < 1.29 is 22.3 Å². The van der Waals surface area contributed by atoms with Crippen LogP contribution in [0.4, 0.5) is 13.2 Å². The summed E-state index contributed by atoms with van der Waals surface area (Å²) in [5.41, 5.74) is -1.61. The van der Waals surface area contributed by atoms with E-state index in [1.807, 2.05) is 0 Å². The molecule has 0 saturated carbocycles. The second kappa shape index (κ2) is 3.92. The van der Waals surface area contributed by atoms with Gasteiger partial charge in [0.05, 0.1) is 5.56 Å². The number of rotatable bonds is 1. The number of carbonyl (C=O) groups is 1. The lowest BCUT2D eigenvalue weighted by molar-refractivity contribution is -0.136. The number of fused-ring (bicyclic) bond motifs is 1. The highest BCUT2D eigenvalue weighted by molar-refractivity contribution is 6.15. The van der Waals surface area contributed by atoms with Gasteiger partial charge in [-0.05, 0) is 12.1 Å². The molecule has 0 aliphatic rings. The molecule has 0 amide bonds. The number of pyridine rings is 1. The molecule has 2 rings (SSSR count). The molecule has 0 aliphatic heterocycles. The largest absolute Gasteiger partial charge is 0.419 e. The third-order valence-corrected chi connectivity index (χ3v) is 2.21. The molecule has 2 heterocycles. The molecule has 2 aromatic heterocycles. The molecule has 4 nitrogen and oxygen atoms in total. The van der Waals surface area contributed by atoms with Crippen LogP contribution in [0, 0.1) is 0 Å². The summed E-state index contributed by atoms with van der Waals surface area (Å²) in [5.74, 6) is -1.01. The van der Waals surface area contributed by atoms with Gasteiger partial charge in [0.2, 0.25) is 0 Å². The lowest BCUT2D eigenvalue weighted by Gasteiger charge is -2.06. The smallest absolute Gasteiger partial charge is 0.342 e. The average molecular weight is 265 g/mol. The van der Waals surface area contributed by atoms with E-state index >= 15 is 0 Å². The van der Waals surface area contributed by atoms with Crippen LogP contribution >= 0.6 is 11.9 Å². The molecular weight excluding hydrogens is 261 g/mol. The summed E-state index contributed by atoms with van der Waals surface area (Å²) in [6.07, 6.45) is -2.10. The van der Waals surface area contributed by atoms with E-state index in [9.17, 15) is 18.0 Å². The van der Waals surface area contributed by atoms with E-state index in [1.165, 1.54) is 12.3 Å². The molecule has 0 atom stereocenters. The van der Waals surface area contributed by atoms with E-state index in [2.05, 4.69) is 9.27 Å². The van der Waals surface area contributed by atoms with E-state index in [0.29, 0.717) is 0 Å². The number of alkyl halides is 3. The molecule has 8 heteroatoms. The van der Waals surface area contributed by atoms with Gasteiger partial charge < -0.3 is 8.69 Å². The Labute approximate surface area is 97.7 Å². The van der Waals surface area contributed by atoms with Crippen molar-refractivity contribution in [3.8, 4) is 0 Å². The Balaban J connectivity index is 2.65. The highest BCUT2D eigenvalue weighted by Gasteiger charge is 2.34. The van der Waals surface area contributed by atoms with Gasteiger partial charge in [0.25, 0.3) is 0 Å². The fraction of sp³-hybridized carbons (Fsp3) is 0.111.